The van der Waals surface area contributed by atoms with Crippen LogP contribution in [0, 0.1) is 22.9 Å². The first-order valence-corrected chi connectivity index (χ1v) is 13.8. The predicted octanol–water partition coefficient (Wildman–Crippen LogP) is 3.62. The van der Waals surface area contributed by atoms with Crippen molar-refractivity contribution >= 4 is 21.6 Å². The van der Waals surface area contributed by atoms with Crippen LogP contribution in [0.5, 0.6) is 11.6 Å². The molecule has 1 amide bonds. The Morgan fingerprint density at radius 2 is 2.10 bits per heavy atom. The Labute approximate surface area is 224 Å². The monoisotopic (exact) mass is 561 g/mol. The molecule has 4 rings (SSSR count). The predicted molar refractivity (Wildman–Crippen MR) is 138 cm³/mol. The molecule has 0 saturated carbocycles. The number of sulfonamides is 1. The smallest absolute Gasteiger partial charge is 0.272 e. The number of nitro groups is 1. The van der Waals surface area contributed by atoms with Gasteiger partial charge in [-0.15, -0.1) is 0 Å². The lowest BCUT2D eigenvalue weighted by Gasteiger charge is -2.14. The van der Waals surface area contributed by atoms with Gasteiger partial charge in [0, 0.05) is 37.4 Å². The second kappa shape index (κ2) is 11.9. The zero-order chi connectivity index (χ0) is 28.2. The summed E-state index contributed by atoms with van der Waals surface area (Å²) in [7, 11) is -4.22. The summed E-state index contributed by atoms with van der Waals surface area (Å²) in [6, 6.07) is 8.52. The summed E-state index contributed by atoms with van der Waals surface area (Å²) in [6.45, 7) is 4.31. The van der Waals surface area contributed by atoms with Gasteiger partial charge in [-0.1, -0.05) is 13.0 Å². The van der Waals surface area contributed by atoms with Crippen LogP contribution in [0.3, 0.4) is 0 Å². The number of benzene rings is 2. The number of rotatable bonds is 11. The van der Waals surface area contributed by atoms with E-state index in [1.165, 1.54) is 28.9 Å². The Hall–Kier alpha value is -3.88. The molecule has 208 valence electrons. The van der Waals surface area contributed by atoms with Gasteiger partial charge in [0.05, 0.1) is 16.7 Å². The van der Waals surface area contributed by atoms with Gasteiger partial charge in [0.15, 0.2) is 5.69 Å². The lowest BCUT2D eigenvalue weighted by Crippen LogP contribution is -2.32. The average molecular weight is 562 g/mol. The van der Waals surface area contributed by atoms with Gasteiger partial charge in [-0.05, 0) is 50.5 Å². The topological polar surface area (TPSA) is 155 Å². The first kappa shape index (κ1) is 28.1. The van der Waals surface area contributed by atoms with E-state index < -0.39 is 37.3 Å². The summed E-state index contributed by atoms with van der Waals surface area (Å²) in [4.78, 5) is 23.2. The normalized spacial score (nSPS) is 15.3. The van der Waals surface area contributed by atoms with Crippen molar-refractivity contribution < 1.29 is 32.0 Å². The molecule has 1 aliphatic heterocycles. The molecule has 2 heterocycles. The fourth-order valence-electron chi connectivity index (χ4n) is 4.02. The number of carbonyl (C=O) groups is 1. The maximum Gasteiger partial charge on any atom is 0.272 e. The lowest BCUT2D eigenvalue weighted by atomic mass is 10.2. The molecule has 1 aromatic heterocycles. The number of non-ortho nitro benzene ring substituents is 1. The van der Waals surface area contributed by atoms with E-state index in [-0.39, 0.29) is 47.8 Å². The highest BCUT2D eigenvalue weighted by atomic mass is 32.2. The van der Waals surface area contributed by atoms with E-state index in [4.69, 9.17) is 9.47 Å². The first-order valence-electron chi connectivity index (χ1n) is 12.3. The van der Waals surface area contributed by atoms with E-state index in [0.29, 0.717) is 13.0 Å². The zero-order valence-corrected chi connectivity index (χ0v) is 22.2. The van der Waals surface area contributed by atoms with Crippen LogP contribution in [0.25, 0.3) is 5.69 Å². The number of nitrogens with one attached hydrogen (secondary N) is 2. The molecular weight excluding hydrogens is 533 g/mol. The second-order valence-corrected chi connectivity index (χ2v) is 10.6. The minimum absolute atomic E-state index is 0.0253. The van der Waals surface area contributed by atoms with E-state index in [9.17, 15) is 27.7 Å². The molecule has 0 unspecified atom stereocenters. The molecule has 1 aliphatic rings. The van der Waals surface area contributed by atoms with Crippen molar-refractivity contribution in [2.45, 2.75) is 44.1 Å². The molecular formula is C25H28FN5O7S. The molecule has 0 spiro atoms. The van der Waals surface area contributed by atoms with Crippen molar-refractivity contribution in [1.29, 1.82) is 0 Å². The number of hydrogen-bond acceptors (Lipinski definition) is 8. The Bertz CT molecular complexity index is 1490. The van der Waals surface area contributed by atoms with Crippen molar-refractivity contribution in [2.75, 3.05) is 19.7 Å². The van der Waals surface area contributed by atoms with Gasteiger partial charge in [-0.2, -0.15) is 9.78 Å². The van der Waals surface area contributed by atoms with Gasteiger partial charge in [0.1, 0.15) is 16.5 Å². The highest BCUT2D eigenvalue weighted by Gasteiger charge is 2.28. The number of hydrogen-bond donors (Lipinski definition) is 2. The Balaban J connectivity index is 1.78. The molecule has 1 saturated heterocycles. The van der Waals surface area contributed by atoms with Crippen LogP contribution in [0.4, 0.5) is 10.1 Å². The average Bonchev–Trinajstić information content (AvgIpc) is 3.54. The molecule has 2 N–H and O–H groups in total. The van der Waals surface area contributed by atoms with Crippen molar-refractivity contribution in [3.8, 4) is 17.3 Å². The van der Waals surface area contributed by atoms with Crippen molar-refractivity contribution in [3.05, 3.63) is 69.7 Å². The molecule has 1 atom stereocenters. The van der Waals surface area contributed by atoms with Gasteiger partial charge in [-0.3, -0.25) is 14.9 Å². The van der Waals surface area contributed by atoms with Crippen LogP contribution in [0.2, 0.25) is 0 Å². The highest BCUT2D eigenvalue weighted by molar-refractivity contribution is 7.89. The Morgan fingerprint density at radius 3 is 2.77 bits per heavy atom. The lowest BCUT2D eigenvalue weighted by molar-refractivity contribution is -0.385. The van der Waals surface area contributed by atoms with Gasteiger partial charge in [0.25, 0.3) is 11.6 Å². The molecule has 3 aromatic rings. The molecule has 14 heteroatoms. The Kier molecular flexibility index (Phi) is 8.57. The number of aromatic nitrogens is 2. The quantitative estimate of drug-likeness (QED) is 0.266. The third kappa shape index (κ3) is 6.41. The minimum Gasteiger partial charge on any atom is -0.437 e. The minimum atomic E-state index is -4.22. The van der Waals surface area contributed by atoms with Crippen molar-refractivity contribution in [3.63, 3.8) is 0 Å². The summed E-state index contributed by atoms with van der Waals surface area (Å²) < 4.78 is 55.3. The fraction of sp³-hybridized carbons (Fsp3) is 0.360. The van der Waals surface area contributed by atoms with E-state index in [1.54, 1.807) is 13.8 Å². The molecule has 12 nitrogen and oxygen atoms in total. The maximum atomic E-state index is 14.1. The fourth-order valence-corrected chi connectivity index (χ4v) is 5.30. The molecule has 0 bridgehead atoms. The third-order valence-electron chi connectivity index (χ3n) is 6.03. The highest BCUT2D eigenvalue weighted by Crippen LogP contribution is 2.35. The van der Waals surface area contributed by atoms with Gasteiger partial charge in [0.2, 0.25) is 15.9 Å². The van der Waals surface area contributed by atoms with Crippen LogP contribution in [-0.2, 0) is 14.8 Å². The summed E-state index contributed by atoms with van der Waals surface area (Å²) in [5, 5.41) is 18.5. The number of halogens is 1. The zero-order valence-electron chi connectivity index (χ0n) is 21.3. The van der Waals surface area contributed by atoms with Crippen LogP contribution < -0.4 is 14.8 Å². The van der Waals surface area contributed by atoms with Crippen LogP contribution >= 0.6 is 0 Å². The van der Waals surface area contributed by atoms with E-state index in [0.717, 1.165) is 31.0 Å². The molecule has 39 heavy (non-hydrogen) atoms. The third-order valence-corrected chi connectivity index (χ3v) is 7.51. The van der Waals surface area contributed by atoms with Crippen molar-refractivity contribution in [1.82, 2.24) is 19.8 Å². The number of nitrogens with zero attached hydrogens (tertiary/aromatic N) is 3. The summed E-state index contributed by atoms with van der Waals surface area (Å²) in [5.74, 6) is -1.40. The van der Waals surface area contributed by atoms with Gasteiger partial charge in [-0.25, -0.2) is 17.5 Å². The largest absolute Gasteiger partial charge is 0.437 e. The molecule has 1 fully saturated rings. The Morgan fingerprint density at radius 1 is 1.31 bits per heavy atom. The number of nitro benzene ring substituents is 1. The van der Waals surface area contributed by atoms with E-state index in [2.05, 4.69) is 15.1 Å². The molecule has 0 radical (unpaired) electrons. The molecule has 0 aliphatic carbocycles. The summed E-state index contributed by atoms with van der Waals surface area (Å²) in [6.07, 6.45) is 2.09. The van der Waals surface area contributed by atoms with Crippen LogP contribution in [0.15, 0.2) is 47.4 Å². The van der Waals surface area contributed by atoms with Crippen LogP contribution in [0.1, 0.15) is 42.2 Å². The number of amides is 1. The maximum absolute atomic E-state index is 14.1. The van der Waals surface area contributed by atoms with Crippen molar-refractivity contribution in [2.24, 2.45) is 0 Å². The molecule has 2 aromatic carbocycles. The summed E-state index contributed by atoms with van der Waals surface area (Å²) >= 11 is 0. The first-order chi connectivity index (χ1) is 18.6. The number of ether oxygens (including phenoxy) is 2. The van der Waals surface area contributed by atoms with Gasteiger partial charge >= 0.3 is 0 Å². The number of carbonyl (C=O) groups excluding carboxylic acids is 1. The SMILES string of the molecule is CCCNS(=O)(=O)c1cc([N+](=O)[O-])ccc1Oc1c(C)c(C(=O)NC[C@H]2CCCO2)nn1-c1cccc(F)c1. The van der Waals surface area contributed by atoms with Crippen LogP contribution in [-0.4, -0.2) is 54.8 Å². The van der Waals surface area contributed by atoms with Gasteiger partial charge < -0.3 is 14.8 Å². The van der Waals surface area contributed by atoms with E-state index in [1.807, 2.05) is 0 Å². The second-order valence-electron chi connectivity index (χ2n) is 8.90. The summed E-state index contributed by atoms with van der Waals surface area (Å²) in [5.41, 5.74) is -0.0273. The standard InChI is InChI=1S/C25H28FN5O7S/c1-3-11-28-39(35,36)22-14-19(31(33)34)9-10-21(22)38-25-16(2)23(24(32)27-15-20-8-5-12-37-20)29-30(25)18-7-4-6-17(26)13-18/h4,6-7,9-10,13-14,20,28H,3,5,8,11-12,15H2,1-2H3,(H,27,32)/t20-/m1/s1. The van der Waals surface area contributed by atoms with E-state index >= 15 is 0 Å².